The molecular weight excluding hydrogens is 416 g/mol. The second-order valence-corrected chi connectivity index (χ2v) is 8.52. The Hall–Kier alpha value is -4.13. The fourth-order valence-electron chi connectivity index (χ4n) is 4.55. The summed E-state index contributed by atoms with van der Waals surface area (Å²) >= 11 is 0. The standard InChI is InChI=1S/C26H24N4O3/c1-26(23(31)28-24(32)29-26)19-13-11-17(12-14-19)15-27-25(33)30-16-21(18-7-3-2-4-8-18)20-9-5-6-10-22(20)30/h2-14,21H,15-16H2,1H3,(H,27,33)(H2,28,29,31,32). The zero-order valence-corrected chi connectivity index (χ0v) is 18.2. The average Bonchev–Trinajstić information content (AvgIpc) is 3.35. The summed E-state index contributed by atoms with van der Waals surface area (Å²) in [7, 11) is 0. The van der Waals surface area contributed by atoms with Crippen molar-refractivity contribution >= 4 is 23.7 Å². The van der Waals surface area contributed by atoms with Crippen LogP contribution in [0.5, 0.6) is 0 Å². The number of carbonyl (C=O) groups is 3. The van der Waals surface area contributed by atoms with Crippen LogP contribution < -0.4 is 20.9 Å². The summed E-state index contributed by atoms with van der Waals surface area (Å²) in [5, 5.41) is 7.92. The van der Waals surface area contributed by atoms with Gasteiger partial charge in [0, 0.05) is 24.7 Å². The molecule has 2 aliphatic heterocycles. The first kappa shape index (κ1) is 20.8. The van der Waals surface area contributed by atoms with Gasteiger partial charge < -0.3 is 10.6 Å². The van der Waals surface area contributed by atoms with Crippen molar-refractivity contribution in [2.45, 2.75) is 24.9 Å². The highest BCUT2D eigenvalue weighted by Crippen LogP contribution is 2.39. The van der Waals surface area contributed by atoms with E-state index >= 15 is 0 Å². The Kier molecular flexibility index (Phi) is 5.09. The number of benzene rings is 3. The molecule has 0 aromatic heterocycles. The van der Waals surface area contributed by atoms with E-state index in [1.807, 2.05) is 48.5 Å². The van der Waals surface area contributed by atoms with Gasteiger partial charge in [-0.15, -0.1) is 0 Å². The van der Waals surface area contributed by atoms with Crippen LogP contribution in [0.25, 0.3) is 0 Å². The Morgan fingerprint density at radius 2 is 1.70 bits per heavy atom. The van der Waals surface area contributed by atoms with Crippen molar-refractivity contribution in [2.75, 3.05) is 11.4 Å². The van der Waals surface area contributed by atoms with E-state index < -0.39 is 11.6 Å². The third-order valence-electron chi connectivity index (χ3n) is 6.43. The van der Waals surface area contributed by atoms with Crippen molar-refractivity contribution in [2.24, 2.45) is 0 Å². The van der Waals surface area contributed by atoms with Gasteiger partial charge in [-0.1, -0.05) is 72.8 Å². The Morgan fingerprint density at radius 3 is 2.39 bits per heavy atom. The molecular formula is C26H24N4O3. The molecule has 3 N–H and O–H groups in total. The van der Waals surface area contributed by atoms with Gasteiger partial charge in [-0.25, -0.2) is 9.59 Å². The molecule has 2 unspecified atom stereocenters. The van der Waals surface area contributed by atoms with E-state index in [4.69, 9.17) is 0 Å². The van der Waals surface area contributed by atoms with Gasteiger partial charge in [0.25, 0.3) is 5.91 Å². The minimum Gasteiger partial charge on any atom is -0.334 e. The van der Waals surface area contributed by atoms with Crippen molar-refractivity contribution in [3.8, 4) is 0 Å². The molecule has 33 heavy (non-hydrogen) atoms. The van der Waals surface area contributed by atoms with Crippen LogP contribution in [0.15, 0.2) is 78.9 Å². The largest absolute Gasteiger partial charge is 0.334 e. The molecule has 7 nitrogen and oxygen atoms in total. The summed E-state index contributed by atoms with van der Waals surface area (Å²) in [6, 6.07) is 24.9. The molecule has 2 heterocycles. The van der Waals surface area contributed by atoms with Gasteiger partial charge in [0.1, 0.15) is 5.54 Å². The number of urea groups is 2. The van der Waals surface area contributed by atoms with E-state index in [-0.39, 0.29) is 17.9 Å². The number of anilines is 1. The summed E-state index contributed by atoms with van der Waals surface area (Å²) in [5.41, 5.74) is 3.74. The van der Waals surface area contributed by atoms with E-state index in [0.29, 0.717) is 18.7 Å². The summed E-state index contributed by atoms with van der Waals surface area (Å²) in [6.07, 6.45) is 0. The lowest BCUT2D eigenvalue weighted by Gasteiger charge is -2.21. The molecule has 0 saturated carbocycles. The number of amides is 5. The van der Waals surface area contributed by atoms with Crippen LogP contribution in [0.1, 0.15) is 35.1 Å². The van der Waals surface area contributed by atoms with Crippen LogP contribution in [0.2, 0.25) is 0 Å². The second-order valence-electron chi connectivity index (χ2n) is 8.52. The second kappa shape index (κ2) is 8.09. The van der Waals surface area contributed by atoms with Gasteiger partial charge in [0.2, 0.25) is 0 Å². The average molecular weight is 441 g/mol. The molecule has 5 amide bonds. The third-order valence-corrected chi connectivity index (χ3v) is 6.43. The lowest BCUT2D eigenvalue weighted by Crippen LogP contribution is -2.40. The maximum absolute atomic E-state index is 13.1. The molecule has 0 bridgehead atoms. The van der Waals surface area contributed by atoms with E-state index in [1.54, 1.807) is 24.0 Å². The SMILES string of the molecule is CC1(c2ccc(CNC(=O)N3CC(c4ccccc4)c4ccccc43)cc2)NC(=O)NC1=O. The Bertz CT molecular complexity index is 1230. The van der Waals surface area contributed by atoms with E-state index in [0.717, 1.165) is 16.8 Å². The van der Waals surface area contributed by atoms with Crippen LogP contribution in [0.3, 0.4) is 0 Å². The van der Waals surface area contributed by atoms with Crippen LogP contribution in [-0.2, 0) is 16.9 Å². The number of nitrogens with zero attached hydrogens (tertiary/aromatic N) is 1. The monoisotopic (exact) mass is 440 g/mol. The first-order valence-electron chi connectivity index (χ1n) is 10.9. The van der Waals surface area contributed by atoms with Crippen molar-refractivity contribution < 1.29 is 14.4 Å². The summed E-state index contributed by atoms with van der Waals surface area (Å²) in [6.45, 7) is 2.60. The van der Waals surface area contributed by atoms with Gasteiger partial charge >= 0.3 is 12.1 Å². The van der Waals surface area contributed by atoms with Gasteiger partial charge in [0.15, 0.2) is 0 Å². The topological polar surface area (TPSA) is 90.5 Å². The van der Waals surface area contributed by atoms with Crippen LogP contribution in [0.4, 0.5) is 15.3 Å². The number of hydrogen-bond acceptors (Lipinski definition) is 3. The summed E-state index contributed by atoms with van der Waals surface area (Å²) in [4.78, 5) is 38.5. The summed E-state index contributed by atoms with van der Waals surface area (Å²) < 4.78 is 0. The van der Waals surface area contributed by atoms with Crippen LogP contribution in [0, 0.1) is 0 Å². The number of rotatable bonds is 4. The molecule has 0 aliphatic carbocycles. The van der Waals surface area contributed by atoms with Crippen LogP contribution in [-0.4, -0.2) is 24.5 Å². The van der Waals surface area contributed by atoms with Crippen molar-refractivity contribution in [1.29, 1.82) is 0 Å². The minimum absolute atomic E-state index is 0.140. The number of fused-ring (bicyclic) bond motifs is 1. The number of para-hydroxylation sites is 1. The fourth-order valence-corrected chi connectivity index (χ4v) is 4.55. The minimum atomic E-state index is -1.09. The lowest BCUT2D eigenvalue weighted by atomic mass is 9.91. The van der Waals surface area contributed by atoms with Gasteiger partial charge in [-0.3, -0.25) is 15.0 Å². The Labute approximate surface area is 191 Å². The maximum atomic E-state index is 13.1. The molecule has 5 rings (SSSR count). The molecule has 2 aliphatic rings. The molecule has 3 aromatic rings. The normalized spacial score (nSPS) is 21.4. The first-order chi connectivity index (χ1) is 16.0. The van der Waals surface area contributed by atoms with Crippen molar-refractivity contribution in [3.63, 3.8) is 0 Å². The van der Waals surface area contributed by atoms with Gasteiger partial charge in [-0.2, -0.15) is 0 Å². The number of carbonyl (C=O) groups excluding carboxylic acids is 3. The van der Waals surface area contributed by atoms with Crippen LogP contribution >= 0.6 is 0 Å². The molecule has 7 heteroatoms. The van der Waals surface area contributed by atoms with Crippen molar-refractivity contribution in [1.82, 2.24) is 16.0 Å². The van der Waals surface area contributed by atoms with E-state index in [2.05, 4.69) is 34.1 Å². The molecule has 0 radical (unpaired) electrons. The number of imide groups is 1. The first-order valence-corrected chi connectivity index (χ1v) is 10.9. The molecule has 166 valence electrons. The number of hydrogen-bond donors (Lipinski definition) is 3. The predicted octanol–water partition coefficient (Wildman–Crippen LogP) is 3.60. The maximum Gasteiger partial charge on any atom is 0.322 e. The van der Waals surface area contributed by atoms with E-state index in [1.165, 1.54) is 5.56 Å². The zero-order valence-electron chi connectivity index (χ0n) is 18.2. The van der Waals surface area contributed by atoms with Gasteiger partial charge in [0.05, 0.1) is 0 Å². The number of nitrogens with one attached hydrogen (secondary N) is 3. The molecule has 2 atom stereocenters. The summed E-state index contributed by atoms with van der Waals surface area (Å²) in [5.74, 6) is -0.241. The Balaban J connectivity index is 1.28. The molecule has 1 saturated heterocycles. The van der Waals surface area contributed by atoms with E-state index in [9.17, 15) is 14.4 Å². The Morgan fingerprint density at radius 1 is 1.00 bits per heavy atom. The third kappa shape index (κ3) is 3.71. The molecule has 3 aromatic carbocycles. The highest BCUT2D eigenvalue weighted by molar-refractivity contribution is 6.07. The fraction of sp³-hybridized carbons (Fsp3) is 0.192. The highest BCUT2D eigenvalue weighted by atomic mass is 16.2. The zero-order chi connectivity index (χ0) is 23.0. The molecule has 0 spiro atoms. The highest BCUT2D eigenvalue weighted by Gasteiger charge is 2.43. The molecule has 1 fully saturated rings. The quantitative estimate of drug-likeness (QED) is 0.542. The lowest BCUT2D eigenvalue weighted by molar-refractivity contribution is -0.123. The van der Waals surface area contributed by atoms with Crippen molar-refractivity contribution in [3.05, 3.63) is 101 Å². The van der Waals surface area contributed by atoms with Gasteiger partial charge in [-0.05, 0) is 35.2 Å². The predicted molar refractivity (Wildman–Crippen MR) is 125 cm³/mol. The smallest absolute Gasteiger partial charge is 0.322 e.